The highest BCUT2D eigenvalue weighted by molar-refractivity contribution is 7.08. The lowest BCUT2D eigenvalue weighted by Gasteiger charge is -2.20. The molecule has 4 heterocycles. The van der Waals surface area contributed by atoms with Gasteiger partial charge in [-0.1, -0.05) is 0 Å². The molecule has 2 unspecified atom stereocenters. The van der Waals surface area contributed by atoms with Crippen molar-refractivity contribution in [2.24, 2.45) is 5.92 Å². The molecule has 1 aliphatic carbocycles. The average Bonchev–Trinajstić information content (AvgIpc) is 3.09. The Morgan fingerprint density at radius 2 is 2.25 bits per heavy atom. The van der Waals surface area contributed by atoms with Crippen LogP contribution in [0.3, 0.4) is 0 Å². The van der Waals surface area contributed by atoms with E-state index in [-0.39, 0.29) is 16.9 Å². The summed E-state index contributed by atoms with van der Waals surface area (Å²) in [7, 11) is 0. The van der Waals surface area contributed by atoms with Crippen molar-refractivity contribution in [3.05, 3.63) is 56.3 Å². The number of rotatable bonds is 2. The van der Waals surface area contributed by atoms with Crippen LogP contribution >= 0.6 is 11.3 Å². The second kappa shape index (κ2) is 4.60. The zero-order chi connectivity index (χ0) is 16.5. The molecule has 0 bridgehead atoms. The third-order valence-electron chi connectivity index (χ3n) is 5.68. The number of nitrogens with one attached hydrogen (secondary N) is 2. The van der Waals surface area contributed by atoms with Crippen LogP contribution in [0.4, 0.5) is 0 Å². The lowest BCUT2D eigenvalue weighted by molar-refractivity contribution is 0.0774. The number of amides is 1. The second-order valence-electron chi connectivity index (χ2n) is 7.01. The van der Waals surface area contributed by atoms with Crippen molar-refractivity contribution in [3.8, 4) is 0 Å². The summed E-state index contributed by atoms with van der Waals surface area (Å²) < 4.78 is 0. The summed E-state index contributed by atoms with van der Waals surface area (Å²) in [6.07, 6.45) is 4.52. The highest BCUT2D eigenvalue weighted by Crippen LogP contribution is 2.59. The van der Waals surface area contributed by atoms with Gasteiger partial charge in [-0.3, -0.25) is 9.59 Å². The van der Waals surface area contributed by atoms with Gasteiger partial charge in [-0.25, -0.2) is 0 Å². The van der Waals surface area contributed by atoms with Gasteiger partial charge in [0.2, 0.25) is 0 Å². The number of pyridine rings is 1. The molecule has 2 aliphatic rings. The van der Waals surface area contributed by atoms with Gasteiger partial charge in [0, 0.05) is 30.9 Å². The maximum absolute atomic E-state index is 13.0. The van der Waals surface area contributed by atoms with Gasteiger partial charge in [-0.15, -0.1) is 0 Å². The van der Waals surface area contributed by atoms with Crippen molar-refractivity contribution < 1.29 is 4.79 Å². The lowest BCUT2D eigenvalue weighted by atomic mass is 9.98. The maximum atomic E-state index is 13.0. The minimum absolute atomic E-state index is 0.0424. The molecule has 2 N–H and O–H groups in total. The fraction of sp³-hybridized carbons (Fsp3) is 0.333. The number of thiophene rings is 1. The highest BCUT2D eigenvalue weighted by Gasteiger charge is 2.61. The number of aromatic nitrogens is 2. The van der Waals surface area contributed by atoms with Crippen molar-refractivity contribution in [2.45, 2.75) is 18.8 Å². The van der Waals surface area contributed by atoms with Crippen LogP contribution in [0.1, 0.15) is 27.9 Å². The number of H-pyrrole nitrogens is 2. The SMILES string of the molecule is Cc1c[nH]c(=O)c2c(C(=O)N3CC4CC4(c4ccsc4)C3)c[nH]c12. The molecule has 6 heteroatoms. The first-order valence-electron chi connectivity index (χ1n) is 8.11. The molecule has 1 aliphatic heterocycles. The molecule has 122 valence electrons. The van der Waals surface area contributed by atoms with Crippen LogP contribution in [0.25, 0.3) is 10.9 Å². The largest absolute Gasteiger partial charge is 0.360 e. The van der Waals surface area contributed by atoms with Gasteiger partial charge in [0.15, 0.2) is 0 Å². The molecule has 0 spiro atoms. The summed E-state index contributed by atoms with van der Waals surface area (Å²) in [5, 5.41) is 4.78. The first-order valence-corrected chi connectivity index (χ1v) is 9.06. The Hall–Kier alpha value is -2.34. The number of likely N-dealkylation sites (tertiary alicyclic amines) is 1. The van der Waals surface area contributed by atoms with E-state index in [1.807, 2.05) is 11.8 Å². The molecule has 3 aromatic heterocycles. The number of fused-ring (bicyclic) bond motifs is 2. The van der Waals surface area contributed by atoms with E-state index in [0.29, 0.717) is 16.9 Å². The summed E-state index contributed by atoms with van der Waals surface area (Å²) >= 11 is 1.71. The van der Waals surface area contributed by atoms with Crippen molar-refractivity contribution in [2.75, 3.05) is 13.1 Å². The Bertz CT molecular complexity index is 1020. The van der Waals surface area contributed by atoms with Crippen LogP contribution in [-0.2, 0) is 5.41 Å². The smallest absolute Gasteiger partial charge is 0.258 e. The van der Waals surface area contributed by atoms with E-state index in [1.165, 1.54) is 12.0 Å². The van der Waals surface area contributed by atoms with Crippen LogP contribution < -0.4 is 5.56 Å². The normalized spacial score (nSPS) is 25.2. The first kappa shape index (κ1) is 14.0. The number of carbonyl (C=O) groups is 1. The molecule has 3 aromatic rings. The number of piperidine rings is 1. The van der Waals surface area contributed by atoms with Crippen LogP contribution in [0.15, 0.2) is 34.0 Å². The molecule has 0 radical (unpaired) electrons. The van der Waals surface area contributed by atoms with Gasteiger partial charge in [0.1, 0.15) is 0 Å². The first-order chi connectivity index (χ1) is 11.6. The molecule has 1 amide bonds. The van der Waals surface area contributed by atoms with Crippen LogP contribution in [-0.4, -0.2) is 33.9 Å². The minimum Gasteiger partial charge on any atom is -0.360 e. The Morgan fingerprint density at radius 3 is 3.04 bits per heavy atom. The summed E-state index contributed by atoms with van der Waals surface area (Å²) in [6, 6.07) is 2.18. The predicted molar refractivity (Wildman–Crippen MR) is 93.7 cm³/mol. The van der Waals surface area contributed by atoms with Crippen molar-refractivity contribution in [1.29, 1.82) is 0 Å². The van der Waals surface area contributed by atoms with E-state index in [4.69, 9.17) is 0 Å². The lowest BCUT2D eigenvalue weighted by Crippen LogP contribution is -2.33. The summed E-state index contributed by atoms with van der Waals surface area (Å²) in [5.74, 6) is 0.514. The third kappa shape index (κ3) is 1.74. The van der Waals surface area contributed by atoms with Gasteiger partial charge in [-0.05, 0) is 47.2 Å². The van der Waals surface area contributed by atoms with Crippen LogP contribution in [0.5, 0.6) is 0 Å². The number of aryl methyl sites for hydroxylation is 1. The Kier molecular flexibility index (Phi) is 2.69. The van der Waals surface area contributed by atoms with E-state index < -0.39 is 0 Å². The summed E-state index contributed by atoms with van der Waals surface area (Å²) in [4.78, 5) is 33.0. The Labute approximate surface area is 142 Å². The predicted octanol–water partition coefficient (Wildman–Crippen LogP) is 2.64. The zero-order valence-electron chi connectivity index (χ0n) is 13.3. The number of carbonyl (C=O) groups excluding carboxylic acids is 1. The van der Waals surface area contributed by atoms with Crippen molar-refractivity contribution >= 4 is 28.1 Å². The Morgan fingerprint density at radius 1 is 1.38 bits per heavy atom. The number of hydrogen-bond acceptors (Lipinski definition) is 3. The molecule has 5 rings (SSSR count). The molecular formula is C18H17N3O2S. The summed E-state index contributed by atoms with van der Waals surface area (Å²) in [5.41, 5.74) is 3.47. The van der Waals surface area contributed by atoms with E-state index in [2.05, 4.69) is 26.8 Å². The molecule has 5 nitrogen and oxygen atoms in total. The topological polar surface area (TPSA) is 69.0 Å². The average molecular weight is 339 g/mol. The summed E-state index contributed by atoms with van der Waals surface area (Å²) in [6.45, 7) is 3.45. The molecular weight excluding hydrogens is 322 g/mol. The monoisotopic (exact) mass is 339 g/mol. The molecule has 2 fully saturated rings. The van der Waals surface area contributed by atoms with Gasteiger partial charge < -0.3 is 14.9 Å². The highest BCUT2D eigenvalue weighted by atomic mass is 32.1. The van der Waals surface area contributed by atoms with Crippen LogP contribution in [0.2, 0.25) is 0 Å². The number of aromatic amines is 2. The number of hydrogen-bond donors (Lipinski definition) is 2. The van der Waals surface area contributed by atoms with Crippen LogP contribution in [0, 0.1) is 12.8 Å². The van der Waals surface area contributed by atoms with E-state index >= 15 is 0 Å². The zero-order valence-corrected chi connectivity index (χ0v) is 14.1. The van der Waals surface area contributed by atoms with Crippen molar-refractivity contribution in [3.63, 3.8) is 0 Å². The van der Waals surface area contributed by atoms with E-state index in [9.17, 15) is 9.59 Å². The fourth-order valence-electron chi connectivity index (χ4n) is 4.26. The molecule has 24 heavy (non-hydrogen) atoms. The van der Waals surface area contributed by atoms with Gasteiger partial charge in [-0.2, -0.15) is 11.3 Å². The molecule has 0 aromatic carbocycles. The van der Waals surface area contributed by atoms with Gasteiger partial charge >= 0.3 is 0 Å². The molecule has 1 saturated heterocycles. The fourth-order valence-corrected chi connectivity index (χ4v) is 5.02. The van der Waals surface area contributed by atoms with Gasteiger partial charge in [0.05, 0.1) is 16.5 Å². The molecule has 2 atom stereocenters. The van der Waals surface area contributed by atoms with Gasteiger partial charge in [0.25, 0.3) is 11.5 Å². The standard InChI is InChI=1S/C18H17N3O2S/c1-10-5-20-16(22)14-13(6-19-15(10)14)17(23)21-7-12-4-18(12,9-21)11-2-3-24-8-11/h2-3,5-6,8,12,19H,4,7,9H2,1H3,(H,20,22). The quantitative estimate of drug-likeness (QED) is 0.753. The van der Waals surface area contributed by atoms with E-state index in [0.717, 1.165) is 24.2 Å². The van der Waals surface area contributed by atoms with E-state index in [1.54, 1.807) is 23.7 Å². The van der Waals surface area contributed by atoms with Crippen molar-refractivity contribution in [1.82, 2.24) is 14.9 Å². The minimum atomic E-state index is -0.211. The Balaban J connectivity index is 1.51. The third-order valence-corrected chi connectivity index (χ3v) is 6.36. The number of nitrogens with zero attached hydrogens (tertiary/aromatic N) is 1. The maximum Gasteiger partial charge on any atom is 0.258 e. The molecule has 1 saturated carbocycles. The second-order valence-corrected chi connectivity index (χ2v) is 7.79.